The second-order valence-corrected chi connectivity index (χ2v) is 3.15. The maximum atomic E-state index is 13.1. The summed E-state index contributed by atoms with van der Waals surface area (Å²) in [5, 5.41) is 0. The van der Waals surface area contributed by atoms with E-state index in [-0.39, 0.29) is 12.7 Å². The molecule has 0 rings (SSSR count). The number of alkyl halides is 3. The molecule has 0 spiro atoms. The average Bonchev–Trinajstić information content (AvgIpc) is 2.31. The van der Waals surface area contributed by atoms with Gasteiger partial charge in [0.25, 0.3) is 5.41 Å². The standard InChI is InChI=1S/C12H11F3O4/c1-4-7-11(12(13,14)15,9(16)18-6-3)10(17)19-8-5-2/h2,7H,1,6,8H2,3H3/t11-/m1/s1. The van der Waals surface area contributed by atoms with Gasteiger partial charge in [-0.15, -0.1) is 12.2 Å². The van der Waals surface area contributed by atoms with Crippen molar-refractivity contribution in [2.45, 2.75) is 13.1 Å². The number of rotatable bonds is 5. The van der Waals surface area contributed by atoms with Crippen LogP contribution in [0.4, 0.5) is 13.2 Å². The van der Waals surface area contributed by atoms with Crippen molar-refractivity contribution >= 4 is 11.9 Å². The lowest BCUT2D eigenvalue weighted by Gasteiger charge is -2.27. The lowest BCUT2D eigenvalue weighted by Crippen LogP contribution is -2.51. The van der Waals surface area contributed by atoms with E-state index >= 15 is 0 Å². The molecule has 0 unspecified atom stereocenters. The summed E-state index contributed by atoms with van der Waals surface area (Å²) < 4.78 is 47.7. The second-order valence-electron chi connectivity index (χ2n) is 3.15. The van der Waals surface area contributed by atoms with Crippen molar-refractivity contribution in [1.29, 1.82) is 0 Å². The van der Waals surface area contributed by atoms with E-state index in [1.54, 1.807) is 5.73 Å². The van der Waals surface area contributed by atoms with Crippen LogP contribution in [0.3, 0.4) is 0 Å². The molecule has 1 atom stereocenters. The summed E-state index contributed by atoms with van der Waals surface area (Å²) in [6.07, 6.45) is -0.337. The average molecular weight is 276 g/mol. The van der Waals surface area contributed by atoms with Crippen molar-refractivity contribution < 1.29 is 32.2 Å². The highest BCUT2D eigenvalue weighted by Crippen LogP contribution is 2.42. The van der Waals surface area contributed by atoms with E-state index in [4.69, 9.17) is 6.42 Å². The van der Waals surface area contributed by atoms with E-state index < -0.39 is 30.1 Å². The third-order valence-corrected chi connectivity index (χ3v) is 1.97. The summed E-state index contributed by atoms with van der Waals surface area (Å²) >= 11 is 0. The van der Waals surface area contributed by atoms with E-state index in [1.807, 2.05) is 5.92 Å². The molecular weight excluding hydrogens is 265 g/mol. The lowest BCUT2D eigenvalue weighted by molar-refractivity contribution is -0.228. The van der Waals surface area contributed by atoms with Crippen molar-refractivity contribution in [2.75, 3.05) is 13.2 Å². The second kappa shape index (κ2) is 6.66. The first-order chi connectivity index (χ1) is 8.77. The molecule has 0 aromatic heterocycles. The van der Waals surface area contributed by atoms with Gasteiger partial charge in [0.2, 0.25) is 0 Å². The number of halogens is 3. The van der Waals surface area contributed by atoms with Crippen molar-refractivity contribution in [3.8, 4) is 12.3 Å². The van der Waals surface area contributed by atoms with Crippen LogP contribution in [0.2, 0.25) is 0 Å². The van der Waals surface area contributed by atoms with Crippen molar-refractivity contribution in [3.05, 3.63) is 18.4 Å². The summed E-state index contributed by atoms with van der Waals surface area (Å²) in [5.74, 6) is -1.88. The molecule has 0 aliphatic heterocycles. The number of terminal acetylenes is 1. The van der Waals surface area contributed by atoms with Crippen LogP contribution < -0.4 is 0 Å². The molecule has 0 fully saturated rings. The summed E-state index contributed by atoms with van der Waals surface area (Å²) in [5.41, 5.74) is -1.85. The van der Waals surface area contributed by atoms with Crippen LogP contribution in [0.1, 0.15) is 6.92 Å². The van der Waals surface area contributed by atoms with E-state index in [1.165, 1.54) is 6.92 Å². The summed E-state index contributed by atoms with van der Waals surface area (Å²) in [4.78, 5) is 23.1. The van der Waals surface area contributed by atoms with Gasteiger partial charge in [-0.1, -0.05) is 12.5 Å². The van der Waals surface area contributed by atoms with Gasteiger partial charge in [-0.2, -0.15) is 13.2 Å². The molecule has 0 aromatic carbocycles. The summed E-state index contributed by atoms with van der Waals surface area (Å²) in [6, 6.07) is 0. The molecule has 0 aliphatic rings. The maximum absolute atomic E-state index is 13.1. The Kier molecular flexibility index (Phi) is 5.90. The fourth-order valence-corrected chi connectivity index (χ4v) is 1.13. The molecule has 0 radical (unpaired) electrons. The van der Waals surface area contributed by atoms with Crippen molar-refractivity contribution in [1.82, 2.24) is 0 Å². The topological polar surface area (TPSA) is 52.6 Å². The third-order valence-electron chi connectivity index (χ3n) is 1.97. The van der Waals surface area contributed by atoms with E-state index in [0.29, 0.717) is 0 Å². The Hall–Kier alpha value is -2.19. The molecule has 0 bridgehead atoms. The number of hydrogen-bond acceptors (Lipinski definition) is 4. The molecule has 0 saturated carbocycles. The van der Waals surface area contributed by atoms with Gasteiger partial charge in [0.1, 0.15) is 0 Å². The minimum atomic E-state index is -5.27. The van der Waals surface area contributed by atoms with Crippen LogP contribution in [0.15, 0.2) is 18.4 Å². The fourth-order valence-electron chi connectivity index (χ4n) is 1.13. The van der Waals surface area contributed by atoms with Crippen LogP contribution in [-0.4, -0.2) is 31.3 Å². The molecule has 0 saturated heterocycles. The minimum absolute atomic E-state index is 0.157. The molecule has 0 heterocycles. The van der Waals surface area contributed by atoms with Gasteiger partial charge in [-0.25, -0.2) is 0 Å². The molecule has 104 valence electrons. The zero-order valence-electron chi connectivity index (χ0n) is 10.0. The number of esters is 2. The number of hydrogen-bond donors (Lipinski definition) is 0. The zero-order chi connectivity index (χ0) is 15.1. The largest absolute Gasteiger partial charge is 0.465 e. The smallest absolute Gasteiger partial charge is 0.419 e. The first kappa shape index (κ1) is 16.8. The van der Waals surface area contributed by atoms with Gasteiger partial charge in [0.05, 0.1) is 6.61 Å². The molecule has 4 nitrogen and oxygen atoms in total. The fraction of sp³-hybridized carbons (Fsp3) is 0.417. The van der Waals surface area contributed by atoms with Crippen molar-refractivity contribution in [3.63, 3.8) is 0 Å². The number of ether oxygens (including phenoxy) is 2. The van der Waals surface area contributed by atoms with Gasteiger partial charge in [0.15, 0.2) is 6.61 Å². The molecule has 0 N–H and O–H groups in total. The van der Waals surface area contributed by atoms with Gasteiger partial charge in [0, 0.05) is 0 Å². The SMILES string of the molecule is C#CCOC(=O)[C@@](C=C=C)(C(=O)OCC)C(F)(F)F. The van der Waals surface area contributed by atoms with Crippen LogP contribution in [0.5, 0.6) is 0 Å². The highest BCUT2D eigenvalue weighted by molar-refractivity contribution is 6.03. The first-order valence-electron chi connectivity index (χ1n) is 4.99. The Morgan fingerprint density at radius 2 is 1.84 bits per heavy atom. The third kappa shape index (κ3) is 3.39. The van der Waals surface area contributed by atoms with Crippen LogP contribution in [-0.2, 0) is 19.1 Å². The molecule has 7 heteroatoms. The molecule has 0 aliphatic carbocycles. The summed E-state index contributed by atoms with van der Waals surface area (Å²) in [6.45, 7) is 3.17. The highest BCUT2D eigenvalue weighted by Gasteiger charge is 2.67. The Bertz CT molecular complexity index is 441. The lowest BCUT2D eigenvalue weighted by atomic mass is 9.87. The maximum Gasteiger partial charge on any atom is 0.419 e. The monoisotopic (exact) mass is 276 g/mol. The Morgan fingerprint density at radius 3 is 2.21 bits per heavy atom. The number of carbonyl (C=O) groups is 2. The Labute approximate surface area is 107 Å². The predicted molar refractivity (Wildman–Crippen MR) is 58.6 cm³/mol. The van der Waals surface area contributed by atoms with Gasteiger partial charge >= 0.3 is 18.1 Å². The van der Waals surface area contributed by atoms with E-state index in [0.717, 1.165) is 0 Å². The van der Waals surface area contributed by atoms with Gasteiger partial charge < -0.3 is 9.47 Å². The normalized spacial score (nSPS) is 13.4. The molecule has 19 heavy (non-hydrogen) atoms. The van der Waals surface area contributed by atoms with Crippen molar-refractivity contribution in [2.24, 2.45) is 5.41 Å². The van der Waals surface area contributed by atoms with Crippen LogP contribution >= 0.6 is 0 Å². The zero-order valence-corrected chi connectivity index (χ0v) is 10.0. The Morgan fingerprint density at radius 1 is 1.32 bits per heavy atom. The van der Waals surface area contributed by atoms with Gasteiger partial charge in [-0.05, 0) is 13.0 Å². The van der Waals surface area contributed by atoms with Crippen LogP contribution in [0.25, 0.3) is 0 Å². The Balaban J connectivity index is 5.80. The van der Waals surface area contributed by atoms with Gasteiger partial charge in [-0.3, -0.25) is 9.59 Å². The number of carbonyl (C=O) groups excluding carboxylic acids is 2. The van der Waals surface area contributed by atoms with Crippen LogP contribution in [0, 0.1) is 17.8 Å². The molecule has 0 amide bonds. The highest BCUT2D eigenvalue weighted by atomic mass is 19.4. The first-order valence-corrected chi connectivity index (χ1v) is 4.99. The minimum Gasteiger partial charge on any atom is -0.465 e. The van der Waals surface area contributed by atoms with E-state index in [2.05, 4.69) is 16.1 Å². The predicted octanol–water partition coefficient (Wildman–Crippen LogP) is 1.62. The quantitative estimate of drug-likeness (QED) is 0.331. The molecule has 0 aromatic rings. The summed E-state index contributed by atoms with van der Waals surface area (Å²) in [7, 11) is 0. The van der Waals surface area contributed by atoms with E-state index in [9.17, 15) is 22.8 Å². The molecular formula is C12H11F3O4.